The quantitative estimate of drug-likeness (QED) is 0.333. The van der Waals surface area contributed by atoms with Crippen molar-refractivity contribution in [2.45, 2.75) is 13.1 Å². The molecule has 0 saturated carbocycles. The topological polar surface area (TPSA) is 39.5 Å². The van der Waals surface area contributed by atoms with Crippen molar-refractivity contribution < 1.29 is 5.06 Å². The van der Waals surface area contributed by atoms with Crippen LogP contribution in [-0.4, -0.2) is 20.3 Å². The molecule has 0 aliphatic rings. The summed E-state index contributed by atoms with van der Waals surface area (Å²) in [6.07, 6.45) is 0.0139. The van der Waals surface area contributed by atoms with Gasteiger partial charge < -0.3 is 10.3 Å². The fraction of sp³-hybridized carbons (Fsp3) is 1.00. The van der Waals surface area contributed by atoms with Gasteiger partial charge in [0.15, 0.2) is 0 Å². The van der Waals surface area contributed by atoms with Crippen molar-refractivity contribution in [1.29, 1.82) is 0 Å². The van der Waals surface area contributed by atoms with Crippen LogP contribution in [0.5, 0.6) is 0 Å². The van der Waals surface area contributed by atoms with E-state index in [1.54, 1.807) is 14.1 Å². The Kier molecular flexibility index (Phi) is 2.91. The molecule has 0 aromatic rings. The Labute approximate surface area is 43.9 Å². The molecular formula is C4H12N2O. The van der Waals surface area contributed by atoms with E-state index in [-0.39, 0.29) is 11.2 Å². The average molecular weight is 104 g/mol. The molecule has 44 valence electrons. The lowest BCUT2D eigenvalue weighted by Gasteiger charge is -2.22. The molecule has 0 bridgehead atoms. The van der Waals surface area contributed by atoms with Gasteiger partial charge in [-0.05, 0) is 7.05 Å². The molecule has 0 aliphatic carbocycles. The molecule has 3 nitrogen and oxygen atoms in total. The zero-order valence-corrected chi connectivity index (χ0v) is 4.99. The minimum Gasteiger partial charge on any atom is -0.633 e. The highest BCUT2D eigenvalue weighted by Crippen LogP contribution is 1.55. The van der Waals surface area contributed by atoms with E-state index in [4.69, 9.17) is 0 Å². The third kappa shape index (κ3) is 2.56. The Balaban J connectivity index is 3.14. The van der Waals surface area contributed by atoms with Crippen LogP contribution in [0.3, 0.4) is 0 Å². The lowest BCUT2D eigenvalue weighted by molar-refractivity contribution is -0.855. The maximum absolute atomic E-state index is 10.3. The van der Waals surface area contributed by atoms with E-state index in [1.807, 2.05) is 6.92 Å². The van der Waals surface area contributed by atoms with E-state index in [2.05, 4.69) is 5.32 Å². The van der Waals surface area contributed by atoms with Crippen molar-refractivity contribution >= 4 is 0 Å². The molecule has 0 radical (unpaired) electrons. The first-order valence-corrected chi connectivity index (χ1v) is 2.36. The van der Waals surface area contributed by atoms with Crippen LogP contribution in [-0.2, 0) is 0 Å². The largest absolute Gasteiger partial charge is 0.633 e. The lowest BCUT2D eigenvalue weighted by Crippen LogP contribution is -3.09. The second-order valence-electron chi connectivity index (χ2n) is 1.62. The van der Waals surface area contributed by atoms with Gasteiger partial charge in [-0.1, -0.05) is 0 Å². The predicted molar refractivity (Wildman–Crippen MR) is 28.8 cm³/mol. The highest BCUT2D eigenvalue weighted by Gasteiger charge is 1.95. The Morgan fingerprint density at radius 2 is 2.14 bits per heavy atom. The van der Waals surface area contributed by atoms with Crippen LogP contribution in [0.4, 0.5) is 0 Å². The first kappa shape index (κ1) is 6.88. The Morgan fingerprint density at radius 1 is 1.71 bits per heavy atom. The van der Waals surface area contributed by atoms with Crippen molar-refractivity contribution in [2.24, 2.45) is 0 Å². The number of nitrogens with one attached hydrogen (secondary N) is 2. The maximum atomic E-state index is 10.3. The molecule has 0 rings (SSSR count). The number of hydrogen-bond donors (Lipinski definition) is 2. The molecule has 3 heteroatoms. The SMILES string of the molecule is CNC(C)[NH+](C)[O-]. The van der Waals surface area contributed by atoms with Crippen molar-refractivity contribution in [3.05, 3.63) is 5.21 Å². The van der Waals surface area contributed by atoms with Gasteiger partial charge in [-0.2, -0.15) is 0 Å². The van der Waals surface area contributed by atoms with Gasteiger partial charge in [0.05, 0.1) is 7.05 Å². The highest BCUT2D eigenvalue weighted by atomic mass is 16.5. The molecule has 0 saturated heterocycles. The molecule has 0 aromatic carbocycles. The highest BCUT2D eigenvalue weighted by molar-refractivity contribution is 4.32. The Hall–Kier alpha value is -0.120. The van der Waals surface area contributed by atoms with Gasteiger partial charge in [0.2, 0.25) is 0 Å². The monoisotopic (exact) mass is 104 g/mol. The molecule has 2 unspecified atom stereocenters. The summed E-state index contributed by atoms with van der Waals surface area (Å²) in [6, 6.07) is 0. The van der Waals surface area contributed by atoms with Gasteiger partial charge in [0, 0.05) is 6.92 Å². The summed E-state index contributed by atoms with van der Waals surface area (Å²) in [5.74, 6) is 0. The van der Waals surface area contributed by atoms with Gasteiger partial charge in [0.25, 0.3) is 0 Å². The van der Waals surface area contributed by atoms with Gasteiger partial charge in [-0.25, -0.2) is 0 Å². The first-order chi connectivity index (χ1) is 3.18. The molecule has 0 amide bonds. The summed E-state index contributed by atoms with van der Waals surface area (Å²) >= 11 is 0. The van der Waals surface area contributed by atoms with E-state index in [0.29, 0.717) is 0 Å². The second kappa shape index (κ2) is 2.96. The van der Waals surface area contributed by atoms with E-state index < -0.39 is 0 Å². The third-order valence-electron chi connectivity index (χ3n) is 1.04. The van der Waals surface area contributed by atoms with Crippen LogP contribution >= 0.6 is 0 Å². The summed E-state index contributed by atoms with van der Waals surface area (Å²) in [7, 11) is 3.34. The molecule has 0 heterocycles. The minimum absolute atomic E-state index is 0.0139. The second-order valence-corrected chi connectivity index (χ2v) is 1.62. The normalized spacial score (nSPS) is 18.9. The molecular weight excluding hydrogens is 92.1 g/mol. The third-order valence-corrected chi connectivity index (χ3v) is 1.04. The molecule has 2 N–H and O–H groups in total. The average Bonchev–Trinajstić information content (AvgIpc) is 1.65. The number of rotatable bonds is 2. The Morgan fingerprint density at radius 3 is 2.14 bits per heavy atom. The molecule has 0 fully saturated rings. The predicted octanol–water partition coefficient (Wildman–Crippen LogP) is -1.44. The summed E-state index contributed by atoms with van der Waals surface area (Å²) in [4.78, 5) is 0. The van der Waals surface area contributed by atoms with Crippen molar-refractivity contribution in [1.82, 2.24) is 5.32 Å². The van der Waals surface area contributed by atoms with Crippen molar-refractivity contribution in [3.63, 3.8) is 0 Å². The summed E-state index contributed by atoms with van der Waals surface area (Å²) < 4.78 is 0. The molecule has 2 atom stereocenters. The van der Waals surface area contributed by atoms with Crippen LogP contribution < -0.4 is 10.4 Å². The zero-order valence-electron chi connectivity index (χ0n) is 4.99. The first-order valence-electron chi connectivity index (χ1n) is 2.36. The van der Waals surface area contributed by atoms with Gasteiger partial charge in [-0.15, -0.1) is 0 Å². The fourth-order valence-electron chi connectivity index (χ4n) is 0.203. The van der Waals surface area contributed by atoms with E-state index in [0.717, 1.165) is 0 Å². The van der Waals surface area contributed by atoms with Crippen LogP contribution in [0.25, 0.3) is 0 Å². The summed E-state index contributed by atoms with van der Waals surface area (Å²) in [6.45, 7) is 1.84. The molecule has 0 aromatic heterocycles. The van der Waals surface area contributed by atoms with Crippen molar-refractivity contribution in [3.8, 4) is 0 Å². The zero-order chi connectivity index (χ0) is 5.86. The maximum Gasteiger partial charge on any atom is 0.137 e. The van der Waals surface area contributed by atoms with E-state index in [1.165, 1.54) is 0 Å². The summed E-state index contributed by atoms with van der Waals surface area (Å²) in [5, 5.41) is 13.3. The lowest BCUT2D eigenvalue weighted by atomic mass is 10.6. The number of quaternary nitrogens is 1. The minimum atomic E-state index is 0.0139. The van der Waals surface area contributed by atoms with Crippen LogP contribution in [0.2, 0.25) is 0 Å². The molecule has 0 spiro atoms. The number of hydroxylamine groups is 2. The molecule has 7 heavy (non-hydrogen) atoms. The van der Waals surface area contributed by atoms with Crippen molar-refractivity contribution in [2.75, 3.05) is 14.1 Å². The standard InChI is InChI=1S/C4H12N2O/c1-4(5-2)6(3)7/h4-6H,1-3H3. The van der Waals surface area contributed by atoms with E-state index >= 15 is 0 Å². The van der Waals surface area contributed by atoms with Gasteiger partial charge in [0.1, 0.15) is 6.17 Å². The van der Waals surface area contributed by atoms with Gasteiger partial charge in [-0.3, -0.25) is 5.32 Å². The van der Waals surface area contributed by atoms with E-state index in [9.17, 15) is 5.21 Å². The van der Waals surface area contributed by atoms with Crippen LogP contribution in [0.15, 0.2) is 0 Å². The fourth-order valence-corrected chi connectivity index (χ4v) is 0.203. The summed E-state index contributed by atoms with van der Waals surface area (Å²) in [5.41, 5.74) is 0. The van der Waals surface area contributed by atoms with Crippen LogP contribution in [0, 0.1) is 5.21 Å². The van der Waals surface area contributed by atoms with Crippen LogP contribution in [0.1, 0.15) is 6.92 Å². The Bertz CT molecular complexity index is 47.0. The van der Waals surface area contributed by atoms with Gasteiger partial charge >= 0.3 is 0 Å². The number of hydrogen-bond acceptors (Lipinski definition) is 2. The smallest absolute Gasteiger partial charge is 0.137 e. The molecule has 0 aliphatic heterocycles.